The van der Waals surface area contributed by atoms with Crippen LogP contribution in [0, 0.1) is 10.8 Å². The van der Waals surface area contributed by atoms with E-state index in [-0.39, 0.29) is 95.3 Å². The molecule has 4 aliphatic heterocycles. The minimum Gasteiger partial charge on any atom is -0.375 e. The van der Waals surface area contributed by atoms with Crippen LogP contribution in [-0.2, 0) is 51.1 Å². The van der Waals surface area contributed by atoms with Crippen LogP contribution in [0.4, 0.5) is 0 Å². The van der Waals surface area contributed by atoms with E-state index in [4.69, 9.17) is 9.47 Å². The zero-order chi connectivity index (χ0) is 52.9. The Morgan fingerprint density at radius 2 is 0.961 bits per heavy atom. The average molecular weight is 1130 g/mol. The second kappa shape index (κ2) is 27.0. The highest BCUT2D eigenvalue weighted by molar-refractivity contribution is 8.00. The van der Waals surface area contributed by atoms with Crippen molar-refractivity contribution in [2.75, 3.05) is 38.8 Å². The molecule has 0 radical (unpaired) electrons. The fourth-order valence-electron chi connectivity index (χ4n) is 12.2. The number of unbranched alkanes of at least 4 members (excludes halogenated alkanes) is 5. The van der Waals surface area contributed by atoms with E-state index in [1.54, 1.807) is 61.3 Å². The van der Waals surface area contributed by atoms with Crippen molar-refractivity contribution in [3.8, 4) is 0 Å². The minimum atomic E-state index is -0.693. The van der Waals surface area contributed by atoms with Crippen LogP contribution in [0.2, 0.25) is 0 Å². The summed E-state index contributed by atoms with van der Waals surface area (Å²) >= 11 is 3.38. The highest BCUT2D eigenvalue weighted by Crippen LogP contribution is 2.48. The molecule has 16 nitrogen and oxygen atoms in total. The van der Waals surface area contributed by atoms with Crippen LogP contribution in [-0.4, -0.2) is 143 Å². The molecule has 2 aliphatic carbocycles. The van der Waals surface area contributed by atoms with Crippen LogP contribution >= 0.6 is 48.3 Å². The number of thioether (sulfide) groups is 2. The molecule has 4 saturated heterocycles. The lowest BCUT2D eigenvalue weighted by Crippen LogP contribution is -2.58. The lowest BCUT2D eigenvalue weighted by atomic mass is 9.83. The molecule has 0 bridgehead atoms. The summed E-state index contributed by atoms with van der Waals surface area (Å²) in [6, 6.07) is 12.0. The number of benzene rings is 2. The number of likely N-dealkylation sites (N-methyl/N-ethyl adjacent to an activating group) is 2. The van der Waals surface area contributed by atoms with Gasteiger partial charge in [0.25, 0.3) is 0 Å². The molecule has 4 fully saturated rings. The summed E-state index contributed by atoms with van der Waals surface area (Å²) in [5, 5.41) is 18.3. The van der Waals surface area contributed by atoms with Crippen LogP contribution in [0.25, 0.3) is 0 Å². The third kappa shape index (κ3) is 13.7. The Morgan fingerprint density at radius 3 is 1.34 bits per heavy atom. The maximum atomic E-state index is 14.5. The standard InChI is InChI=1S/C56H82N8O8S2.2ClH/c1-33(57-7)49(65)59-39-23-27-73-43-31-55(3,4)47(63(43)53(39)69)51(67)61-45-37-21-15-13-19-35(37)29-41(45)71-25-17-11-9-10-12-18-26-72-42-30-36-20-14-16-22-38(36)46(42)62-52(68)48-56(5,6)32-44-64(48)54(70)40(24-28-74-44)60-50(66)34(2)58-8;;/h13-16,19-22,33-34,39-48,57-58H,9-12,17-18,23-32H2,1-8H3,(H,59,65)(H,60,66)(H,61,67)(H,62,68);2*1H/t33?,34?,39-,40-,41+,42+,43-,44-,45-,46-,47+,48+;;/m0../s1. The van der Waals surface area contributed by atoms with E-state index in [9.17, 15) is 28.8 Å². The number of carbonyl (C=O) groups is 6. The van der Waals surface area contributed by atoms with Gasteiger partial charge in [0.15, 0.2) is 0 Å². The van der Waals surface area contributed by atoms with Gasteiger partial charge in [-0.05, 0) is 111 Å². The Labute approximate surface area is 471 Å². The third-order valence-electron chi connectivity index (χ3n) is 16.5. The number of carbonyl (C=O) groups excluding carboxylic acids is 6. The molecule has 76 heavy (non-hydrogen) atoms. The van der Waals surface area contributed by atoms with E-state index < -0.39 is 47.1 Å². The molecule has 0 aromatic heterocycles. The Kier molecular flexibility index (Phi) is 21.9. The fourth-order valence-corrected chi connectivity index (χ4v) is 15.3. The monoisotopic (exact) mass is 1130 g/mol. The first-order chi connectivity index (χ1) is 35.4. The number of nitrogens with zero attached hydrogens (tertiary/aromatic N) is 2. The molecule has 422 valence electrons. The summed E-state index contributed by atoms with van der Waals surface area (Å²) in [4.78, 5) is 86.7. The first-order valence-electron chi connectivity index (χ1n) is 27.3. The Balaban J connectivity index is 0.00000469. The van der Waals surface area contributed by atoms with Crippen LogP contribution in [0.5, 0.6) is 0 Å². The molecular weight excluding hydrogens is 1050 g/mol. The van der Waals surface area contributed by atoms with Crippen molar-refractivity contribution in [3.63, 3.8) is 0 Å². The quantitative estimate of drug-likeness (QED) is 0.0783. The van der Waals surface area contributed by atoms with Gasteiger partial charge in [0, 0.05) is 26.1 Å². The third-order valence-corrected chi connectivity index (χ3v) is 19.0. The molecule has 2 aromatic rings. The van der Waals surface area contributed by atoms with Gasteiger partial charge >= 0.3 is 0 Å². The smallest absolute Gasteiger partial charge is 0.246 e. The van der Waals surface area contributed by atoms with Crippen molar-refractivity contribution in [2.24, 2.45) is 10.8 Å². The van der Waals surface area contributed by atoms with Gasteiger partial charge < -0.3 is 51.2 Å². The van der Waals surface area contributed by atoms with Crippen molar-refractivity contribution in [2.45, 2.75) is 190 Å². The highest BCUT2D eigenvalue weighted by atomic mass is 35.5. The molecule has 6 aliphatic rings. The summed E-state index contributed by atoms with van der Waals surface area (Å²) in [5.41, 5.74) is 3.46. The van der Waals surface area contributed by atoms with Gasteiger partial charge in [0.05, 0.1) is 47.1 Å². The number of rotatable bonds is 21. The topological polar surface area (TPSA) is 200 Å². The molecule has 0 spiro atoms. The lowest BCUT2D eigenvalue weighted by Gasteiger charge is -2.35. The van der Waals surface area contributed by atoms with Gasteiger partial charge in [-0.25, -0.2) is 0 Å². The van der Waals surface area contributed by atoms with Crippen LogP contribution in [0.3, 0.4) is 0 Å². The molecule has 0 saturated carbocycles. The Bertz CT molecular complexity index is 2210. The van der Waals surface area contributed by atoms with Crippen molar-refractivity contribution in [1.29, 1.82) is 0 Å². The number of hydrogen-bond donors (Lipinski definition) is 6. The van der Waals surface area contributed by atoms with E-state index in [1.165, 1.54) is 0 Å². The zero-order valence-electron chi connectivity index (χ0n) is 45.7. The summed E-state index contributed by atoms with van der Waals surface area (Å²) in [6.45, 7) is 12.9. The molecular formula is C56H84Cl2N8O8S2. The van der Waals surface area contributed by atoms with Crippen molar-refractivity contribution < 1.29 is 38.2 Å². The number of hydrogen-bond acceptors (Lipinski definition) is 12. The molecule has 2 aromatic carbocycles. The minimum absolute atomic E-state index is 0. The van der Waals surface area contributed by atoms with Gasteiger partial charge in [-0.15, -0.1) is 48.3 Å². The van der Waals surface area contributed by atoms with Gasteiger partial charge in [-0.1, -0.05) is 102 Å². The first-order valence-corrected chi connectivity index (χ1v) is 29.4. The largest absolute Gasteiger partial charge is 0.375 e. The first kappa shape index (κ1) is 61.6. The van der Waals surface area contributed by atoms with Crippen molar-refractivity contribution in [3.05, 3.63) is 70.8 Å². The molecule has 12 atom stereocenters. The maximum absolute atomic E-state index is 14.5. The van der Waals surface area contributed by atoms with Crippen LogP contribution in [0.15, 0.2) is 48.5 Å². The van der Waals surface area contributed by atoms with Crippen LogP contribution in [0.1, 0.15) is 140 Å². The van der Waals surface area contributed by atoms with Crippen molar-refractivity contribution >= 4 is 83.8 Å². The normalized spacial score (nSPS) is 28.7. The van der Waals surface area contributed by atoms with E-state index in [2.05, 4.69) is 83.9 Å². The lowest BCUT2D eigenvalue weighted by molar-refractivity contribution is -0.144. The summed E-state index contributed by atoms with van der Waals surface area (Å²) in [7, 11) is 3.43. The van der Waals surface area contributed by atoms with Gasteiger partial charge in [0.2, 0.25) is 35.4 Å². The van der Waals surface area contributed by atoms with Gasteiger partial charge in [-0.3, -0.25) is 28.8 Å². The molecule has 6 N–H and O–H groups in total. The zero-order valence-corrected chi connectivity index (χ0v) is 48.9. The van der Waals surface area contributed by atoms with E-state index in [1.807, 2.05) is 24.3 Å². The van der Waals surface area contributed by atoms with E-state index >= 15 is 0 Å². The highest BCUT2D eigenvalue weighted by Gasteiger charge is 2.57. The molecule has 2 unspecified atom stereocenters. The number of nitrogens with one attached hydrogen (secondary N) is 6. The fraction of sp³-hybridized carbons (Fsp3) is 0.679. The SMILES string of the molecule is CNC(C)C(=O)N[C@H]1CCS[C@H]2CC(C)(C)[C@@H](C(=O)N[C@H]3c4ccccc4C[C@H]3OCCCCCCCCO[C@@H]3Cc4ccccc4[C@@H]3NC(=O)[C@H]3N4C(=O)[C@@H](NC(=O)C(C)NC)CCS[C@H]4CC3(C)C)N2C1=O.Cl.Cl. The maximum Gasteiger partial charge on any atom is 0.246 e. The summed E-state index contributed by atoms with van der Waals surface area (Å²) in [6.07, 6.45) is 9.26. The second-order valence-corrected chi connectivity index (χ2v) is 25.3. The van der Waals surface area contributed by atoms with E-state index in [0.29, 0.717) is 63.2 Å². The van der Waals surface area contributed by atoms with Gasteiger partial charge in [0.1, 0.15) is 24.2 Å². The molecule has 6 amide bonds. The van der Waals surface area contributed by atoms with Crippen molar-refractivity contribution in [1.82, 2.24) is 41.7 Å². The van der Waals surface area contributed by atoms with E-state index in [0.717, 1.165) is 60.8 Å². The summed E-state index contributed by atoms with van der Waals surface area (Å²) < 4.78 is 13.2. The Hall–Kier alpha value is -3.62. The second-order valence-electron chi connectivity index (χ2n) is 22.8. The Morgan fingerprint density at radius 1 is 0.592 bits per heavy atom. The number of fused-ring (bicyclic) bond motifs is 4. The molecule has 8 rings (SSSR count). The average Bonchev–Trinajstić information content (AvgIpc) is 4.02. The number of ether oxygens (including phenoxy) is 2. The number of amides is 6. The number of halogens is 2. The molecule has 20 heteroatoms. The summed E-state index contributed by atoms with van der Waals surface area (Å²) in [5.74, 6) is 0.189. The van der Waals surface area contributed by atoms with Crippen LogP contribution < -0.4 is 31.9 Å². The molecule has 4 heterocycles. The van der Waals surface area contributed by atoms with Gasteiger partial charge in [-0.2, -0.15) is 0 Å². The predicted molar refractivity (Wildman–Crippen MR) is 304 cm³/mol. The predicted octanol–water partition coefficient (Wildman–Crippen LogP) is 6.13.